The molecular weight excluding hydrogens is 355 g/mol. The molecule has 0 N–H and O–H groups in total. The molecule has 0 bridgehead atoms. The van der Waals surface area contributed by atoms with Crippen LogP contribution in [-0.4, -0.2) is 24.4 Å². The smallest absolute Gasteiger partial charge is 0.307 e. The van der Waals surface area contributed by atoms with Crippen molar-refractivity contribution < 1.29 is 18.5 Å². The number of benzene rings is 2. The Morgan fingerprint density at radius 3 is 2.35 bits per heavy atom. The topological polar surface area (TPSA) is 91.0 Å². The molecule has 1 unspecified atom stereocenters. The zero-order valence-corrected chi connectivity index (χ0v) is 15.5. The van der Waals surface area contributed by atoms with Crippen LogP contribution in [0.25, 0.3) is 0 Å². The molecule has 2 rings (SSSR count). The maximum Gasteiger partial charge on any atom is 0.359 e. The van der Waals surface area contributed by atoms with Crippen molar-refractivity contribution in [2.45, 2.75) is 19.6 Å². The Hall–Kier alpha value is -2.34. The van der Waals surface area contributed by atoms with E-state index in [4.69, 9.17) is 9.05 Å². The van der Waals surface area contributed by atoms with E-state index in [-0.39, 0.29) is 18.9 Å². The first-order valence-electron chi connectivity index (χ1n) is 8.21. The summed E-state index contributed by atoms with van der Waals surface area (Å²) in [5.74, 6) is -0.858. The van der Waals surface area contributed by atoms with Crippen LogP contribution in [0.4, 0.5) is 5.69 Å². The number of rotatable bonds is 9. The van der Waals surface area contributed by atoms with E-state index in [0.717, 1.165) is 0 Å². The number of hydrogen-bond acceptors (Lipinski definition) is 6. The summed E-state index contributed by atoms with van der Waals surface area (Å²) < 4.78 is 24.1. The number of nitro benzene ring substituents is 1. The average molecular weight is 376 g/mol. The Balaban J connectivity index is 2.43. The average Bonchev–Trinajstić information content (AvgIpc) is 2.63. The molecule has 0 aromatic heterocycles. The second-order valence-corrected chi connectivity index (χ2v) is 7.38. The van der Waals surface area contributed by atoms with Gasteiger partial charge in [-0.05, 0) is 25.0 Å². The van der Waals surface area contributed by atoms with E-state index in [0.29, 0.717) is 11.1 Å². The molecule has 138 valence electrons. The highest BCUT2D eigenvalue weighted by Crippen LogP contribution is 2.61. The highest BCUT2D eigenvalue weighted by Gasteiger charge is 2.36. The summed E-state index contributed by atoms with van der Waals surface area (Å²) >= 11 is 0. The van der Waals surface area contributed by atoms with Crippen molar-refractivity contribution in [1.82, 2.24) is 0 Å². The van der Waals surface area contributed by atoms with Gasteiger partial charge in [-0.1, -0.05) is 42.5 Å². The predicted octanol–water partition coefficient (Wildman–Crippen LogP) is 4.98. The van der Waals surface area contributed by atoms with E-state index in [1.54, 1.807) is 38.1 Å². The van der Waals surface area contributed by atoms with Crippen LogP contribution in [0.15, 0.2) is 59.6 Å². The molecule has 2 aromatic rings. The van der Waals surface area contributed by atoms with Crippen molar-refractivity contribution in [3.63, 3.8) is 0 Å². The fraction of sp³-hybridized carbons (Fsp3) is 0.278. The Labute approximate surface area is 152 Å². The van der Waals surface area contributed by atoms with Crippen molar-refractivity contribution in [2.75, 3.05) is 13.2 Å². The van der Waals surface area contributed by atoms with Gasteiger partial charge in [0.25, 0.3) is 5.69 Å². The molecule has 0 amide bonds. The first-order chi connectivity index (χ1) is 12.5. The van der Waals surface area contributed by atoms with Crippen LogP contribution in [0, 0.1) is 10.1 Å². The second kappa shape index (κ2) is 9.38. The van der Waals surface area contributed by atoms with Gasteiger partial charge in [0.05, 0.1) is 18.1 Å². The molecular formula is C18H21N2O5P. The van der Waals surface area contributed by atoms with Gasteiger partial charge in [0, 0.05) is 18.3 Å². The standard InChI is InChI=1S/C18H21N2O5P/c1-3-24-26(23,25-4-2)18(16-10-6-5-7-11-16)19-14-15-9-8-12-17(13-15)20(21)22/h5-14,18H,3-4H2,1-2H3/b19-14+. The molecule has 0 saturated carbocycles. The highest BCUT2D eigenvalue weighted by molar-refractivity contribution is 7.54. The van der Waals surface area contributed by atoms with E-state index in [9.17, 15) is 14.7 Å². The van der Waals surface area contributed by atoms with Crippen LogP contribution in [0.3, 0.4) is 0 Å². The van der Waals surface area contributed by atoms with Gasteiger partial charge in [0.2, 0.25) is 0 Å². The molecule has 7 nitrogen and oxygen atoms in total. The largest absolute Gasteiger partial charge is 0.359 e. The summed E-state index contributed by atoms with van der Waals surface area (Å²) in [4.78, 5) is 14.9. The molecule has 0 radical (unpaired) electrons. The molecule has 0 aliphatic carbocycles. The molecule has 26 heavy (non-hydrogen) atoms. The number of hydrogen-bond donors (Lipinski definition) is 0. The minimum Gasteiger partial charge on any atom is -0.307 e. The van der Waals surface area contributed by atoms with Gasteiger partial charge in [-0.2, -0.15) is 0 Å². The molecule has 0 aliphatic rings. The number of non-ortho nitro benzene ring substituents is 1. The van der Waals surface area contributed by atoms with Crippen molar-refractivity contribution >= 4 is 19.5 Å². The maximum absolute atomic E-state index is 13.2. The molecule has 0 aliphatic heterocycles. The summed E-state index contributed by atoms with van der Waals surface area (Å²) in [6.45, 7) is 3.90. The first-order valence-corrected chi connectivity index (χ1v) is 9.82. The summed E-state index contributed by atoms with van der Waals surface area (Å²) in [5, 5.41) is 10.9. The third-order valence-corrected chi connectivity index (χ3v) is 5.73. The minimum atomic E-state index is -3.55. The van der Waals surface area contributed by atoms with Gasteiger partial charge >= 0.3 is 7.60 Å². The van der Waals surface area contributed by atoms with Crippen LogP contribution in [-0.2, 0) is 13.6 Å². The second-order valence-electron chi connectivity index (χ2n) is 5.29. The Kier molecular flexibility index (Phi) is 7.21. The lowest BCUT2D eigenvalue weighted by atomic mass is 10.2. The third-order valence-electron chi connectivity index (χ3n) is 3.46. The van der Waals surface area contributed by atoms with Crippen LogP contribution in [0.1, 0.15) is 30.8 Å². The summed E-state index contributed by atoms with van der Waals surface area (Å²) in [6.07, 6.45) is 1.45. The number of nitro groups is 1. The van der Waals surface area contributed by atoms with Crippen molar-refractivity contribution in [1.29, 1.82) is 0 Å². The number of nitrogens with zero attached hydrogens (tertiary/aromatic N) is 2. The SMILES string of the molecule is CCOP(=O)(OCC)C(/N=C/c1cccc([N+](=O)[O-])c1)c1ccccc1. The fourth-order valence-corrected chi connectivity index (χ4v) is 4.23. The van der Waals surface area contributed by atoms with Gasteiger partial charge in [0.1, 0.15) is 0 Å². The monoisotopic (exact) mass is 376 g/mol. The van der Waals surface area contributed by atoms with Crippen molar-refractivity contribution in [2.24, 2.45) is 4.99 Å². The molecule has 1 atom stereocenters. The molecule has 0 saturated heterocycles. The predicted molar refractivity (Wildman–Crippen MR) is 101 cm³/mol. The van der Waals surface area contributed by atoms with E-state index < -0.39 is 18.3 Å². The molecule has 2 aromatic carbocycles. The Bertz CT molecular complexity index is 800. The van der Waals surface area contributed by atoms with Gasteiger partial charge in [-0.3, -0.25) is 19.7 Å². The van der Waals surface area contributed by atoms with Gasteiger partial charge in [-0.25, -0.2) is 0 Å². The maximum atomic E-state index is 13.2. The lowest BCUT2D eigenvalue weighted by Gasteiger charge is -2.23. The van der Waals surface area contributed by atoms with Gasteiger partial charge in [0.15, 0.2) is 5.78 Å². The Morgan fingerprint density at radius 2 is 1.77 bits per heavy atom. The van der Waals surface area contributed by atoms with E-state index in [1.165, 1.54) is 18.3 Å². The third kappa shape index (κ3) is 5.08. The van der Waals surface area contributed by atoms with Crippen LogP contribution in [0.5, 0.6) is 0 Å². The first kappa shape index (κ1) is 20.0. The minimum absolute atomic E-state index is 0.0389. The lowest BCUT2D eigenvalue weighted by Crippen LogP contribution is -2.05. The van der Waals surface area contributed by atoms with Crippen LogP contribution >= 0.6 is 7.60 Å². The molecule has 0 fully saturated rings. The quantitative estimate of drug-likeness (QED) is 0.266. The fourth-order valence-electron chi connectivity index (χ4n) is 2.39. The van der Waals surface area contributed by atoms with E-state index in [2.05, 4.69) is 4.99 Å². The highest BCUT2D eigenvalue weighted by atomic mass is 31.2. The van der Waals surface area contributed by atoms with Crippen molar-refractivity contribution in [3.8, 4) is 0 Å². The summed E-state index contributed by atoms with van der Waals surface area (Å²) in [7, 11) is -3.55. The molecule has 0 heterocycles. The van der Waals surface area contributed by atoms with E-state index in [1.807, 2.05) is 18.2 Å². The molecule has 0 spiro atoms. The normalized spacial score (nSPS) is 13.0. The van der Waals surface area contributed by atoms with Crippen LogP contribution < -0.4 is 0 Å². The zero-order valence-electron chi connectivity index (χ0n) is 14.6. The van der Waals surface area contributed by atoms with Gasteiger partial charge < -0.3 is 9.05 Å². The van der Waals surface area contributed by atoms with Crippen LogP contribution in [0.2, 0.25) is 0 Å². The van der Waals surface area contributed by atoms with Gasteiger partial charge in [-0.15, -0.1) is 0 Å². The number of aliphatic imine (C=N–C) groups is 1. The zero-order chi connectivity index (χ0) is 19.0. The Morgan fingerprint density at radius 1 is 1.12 bits per heavy atom. The summed E-state index contributed by atoms with van der Waals surface area (Å²) in [6, 6.07) is 15.1. The summed E-state index contributed by atoms with van der Waals surface area (Å²) in [5.41, 5.74) is 1.17. The molecule has 8 heteroatoms. The van der Waals surface area contributed by atoms with Crippen molar-refractivity contribution in [3.05, 3.63) is 75.8 Å². The van der Waals surface area contributed by atoms with E-state index >= 15 is 0 Å². The lowest BCUT2D eigenvalue weighted by molar-refractivity contribution is -0.384.